The van der Waals surface area contributed by atoms with Crippen LogP contribution in [-0.2, 0) is 0 Å². The number of piperidine rings is 1. The van der Waals surface area contributed by atoms with Crippen molar-refractivity contribution in [3.63, 3.8) is 0 Å². The average molecular weight is 365 g/mol. The van der Waals surface area contributed by atoms with E-state index in [1.165, 1.54) is 12.1 Å². The molecule has 7 nitrogen and oxygen atoms in total. The Kier molecular flexibility index (Phi) is 5.77. The van der Waals surface area contributed by atoms with Crippen LogP contribution in [0.3, 0.4) is 0 Å². The number of carbonyl (C=O) groups is 1. The molecule has 26 heavy (non-hydrogen) atoms. The van der Waals surface area contributed by atoms with Gasteiger partial charge in [0.1, 0.15) is 5.75 Å². The van der Waals surface area contributed by atoms with E-state index in [2.05, 4.69) is 25.7 Å². The highest BCUT2D eigenvalue weighted by atomic mass is 19.3. The van der Waals surface area contributed by atoms with Crippen molar-refractivity contribution in [2.75, 3.05) is 13.1 Å². The number of nitrogens with zero attached hydrogens (tertiary/aromatic N) is 3. The molecule has 0 bridgehead atoms. The molecule has 1 amide bonds. The quantitative estimate of drug-likeness (QED) is 0.821. The molecule has 1 aromatic heterocycles. The van der Waals surface area contributed by atoms with Crippen LogP contribution in [0.4, 0.5) is 8.78 Å². The molecule has 1 unspecified atom stereocenters. The predicted octanol–water partition coefficient (Wildman–Crippen LogP) is 2.29. The summed E-state index contributed by atoms with van der Waals surface area (Å²) in [4.78, 5) is 12.4. The molecule has 9 heteroatoms. The summed E-state index contributed by atoms with van der Waals surface area (Å²) in [6.45, 7) is 0.793. The van der Waals surface area contributed by atoms with Gasteiger partial charge in [0, 0.05) is 0 Å². The second-order valence-electron chi connectivity index (χ2n) is 6.21. The first-order valence-corrected chi connectivity index (χ1v) is 8.51. The third-order valence-corrected chi connectivity index (χ3v) is 4.38. The SMILES string of the molecule is CC(NC(=O)c1cn(C2CCNCC2)nn1)c1ccc(OC(F)F)cc1. The lowest BCUT2D eigenvalue weighted by atomic mass is 10.1. The Morgan fingerprint density at radius 2 is 2.00 bits per heavy atom. The highest BCUT2D eigenvalue weighted by molar-refractivity contribution is 5.92. The van der Waals surface area contributed by atoms with E-state index in [0.29, 0.717) is 0 Å². The first-order chi connectivity index (χ1) is 12.5. The molecular weight excluding hydrogens is 344 g/mol. The van der Waals surface area contributed by atoms with E-state index >= 15 is 0 Å². The number of hydrogen-bond acceptors (Lipinski definition) is 5. The topological polar surface area (TPSA) is 81.1 Å². The lowest BCUT2D eigenvalue weighted by molar-refractivity contribution is -0.0498. The fourth-order valence-corrected chi connectivity index (χ4v) is 2.92. The summed E-state index contributed by atoms with van der Waals surface area (Å²) in [5.74, 6) is -0.252. The number of benzene rings is 1. The van der Waals surface area contributed by atoms with E-state index < -0.39 is 6.61 Å². The fraction of sp³-hybridized carbons (Fsp3) is 0.471. The molecule has 1 aliphatic heterocycles. The summed E-state index contributed by atoms with van der Waals surface area (Å²) in [5.41, 5.74) is 1.03. The van der Waals surface area contributed by atoms with Gasteiger partial charge in [-0.3, -0.25) is 4.79 Å². The van der Waals surface area contributed by atoms with Gasteiger partial charge in [-0.15, -0.1) is 5.10 Å². The molecule has 1 fully saturated rings. The second kappa shape index (κ2) is 8.22. The predicted molar refractivity (Wildman–Crippen MR) is 90.1 cm³/mol. The van der Waals surface area contributed by atoms with Crippen LogP contribution < -0.4 is 15.4 Å². The largest absolute Gasteiger partial charge is 0.435 e. The van der Waals surface area contributed by atoms with Crippen LogP contribution in [0.5, 0.6) is 5.75 Å². The second-order valence-corrected chi connectivity index (χ2v) is 6.21. The number of hydrogen-bond donors (Lipinski definition) is 2. The molecule has 1 atom stereocenters. The summed E-state index contributed by atoms with van der Waals surface area (Å²) in [6.07, 6.45) is 3.57. The van der Waals surface area contributed by atoms with E-state index in [4.69, 9.17) is 0 Å². The molecule has 1 aliphatic rings. The zero-order chi connectivity index (χ0) is 18.5. The van der Waals surface area contributed by atoms with Crippen molar-refractivity contribution < 1.29 is 18.3 Å². The third kappa shape index (κ3) is 4.54. The van der Waals surface area contributed by atoms with Gasteiger partial charge in [-0.25, -0.2) is 4.68 Å². The highest BCUT2D eigenvalue weighted by Gasteiger charge is 2.20. The Bertz CT molecular complexity index is 729. The summed E-state index contributed by atoms with van der Waals surface area (Å²) in [5, 5.41) is 14.1. The van der Waals surface area contributed by atoms with Gasteiger partial charge in [-0.05, 0) is 50.6 Å². The third-order valence-electron chi connectivity index (χ3n) is 4.38. The van der Waals surface area contributed by atoms with Crippen molar-refractivity contribution in [1.29, 1.82) is 0 Å². The van der Waals surface area contributed by atoms with Crippen LogP contribution >= 0.6 is 0 Å². The minimum atomic E-state index is -2.86. The van der Waals surface area contributed by atoms with Gasteiger partial charge in [-0.1, -0.05) is 17.3 Å². The van der Waals surface area contributed by atoms with Crippen LogP contribution in [-0.4, -0.2) is 40.6 Å². The van der Waals surface area contributed by atoms with Crippen molar-refractivity contribution in [2.45, 2.75) is 38.5 Å². The van der Waals surface area contributed by atoms with Crippen molar-refractivity contribution in [2.24, 2.45) is 0 Å². The molecule has 140 valence electrons. The number of nitrogens with one attached hydrogen (secondary N) is 2. The molecule has 0 saturated carbocycles. The maximum Gasteiger partial charge on any atom is 0.387 e. The molecule has 0 spiro atoms. The maximum atomic E-state index is 12.4. The molecule has 2 N–H and O–H groups in total. The molecule has 1 saturated heterocycles. The van der Waals surface area contributed by atoms with Crippen molar-refractivity contribution in [1.82, 2.24) is 25.6 Å². The zero-order valence-electron chi connectivity index (χ0n) is 14.4. The van der Waals surface area contributed by atoms with Crippen molar-refractivity contribution in [3.05, 3.63) is 41.7 Å². The summed E-state index contributed by atoms with van der Waals surface area (Å²) >= 11 is 0. The Morgan fingerprint density at radius 1 is 1.31 bits per heavy atom. The Balaban J connectivity index is 1.59. The Labute approximate surface area is 149 Å². The van der Waals surface area contributed by atoms with E-state index in [1.54, 1.807) is 29.9 Å². The summed E-state index contributed by atoms with van der Waals surface area (Å²) in [7, 11) is 0. The van der Waals surface area contributed by atoms with Crippen LogP contribution in [0.15, 0.2) is 30.5 Å². The molecule has 2 heterocycles. The maximum absolute atomic E-state index is 12.4. The van der Waals surface area contributed by atoms with Crippen LogP contribution in [0.25, 0.3) is 0 Å². The van der Waals surface area contributed by atoms with E-state index in [9.17, 15) is 13.6 Å². The number of halogens is 2. The lowest BCUT2D eigenvalue weighted by Crippen LogP contribution is -2.29. The molecule has 3 rings (SSSR count). The van der Waals surface area contributed by atoms with Gasteiger partial charge >= 0.3 is 6.61 Å². The summed E-state index contributed by atoms with van der Waals surface area (Å²) < 4.78 is 30.4. The van der Waals surface area contributed by atoms with Gasteiger partial charge in [0.05, 0.1) is 18.3 Å². The first kappa shape index (κ1) is 18.2. The number of carbonyl (C=O) groups excluding carboxylic acids is 1. The fourth-order valence-electron chi connectivity index (χ4n) is 2.92. The highest BCUT2D eigenvalue weighted by Crippen LogP contribution is 2.20. The Morgan fingerprint density at radius 3 is 2.65 bits per heavy atom. The number of aromatic nitrogens is 3. The van der Waals surface area contributed by atoms with Crippen LogP contribution in [0, 0.1) is 0 Å². The van der Waals surface area contributed by atoms with Crippen LogP contribution in [0.1, 0.15) is 47.9 Å². The molecule has 0 radical (unpaired) electrons. The van der Waals surface area contributed by atoms with Gasteiger partial charge in [0.25, 0.3) is 5.91 Å². The number of alkyl halides is 2. The van der Waals surface area contributed by atoms with Gasteiger partial charge in [-0.2, -0.15) is 8.78 Å². The molecule has 0 aliphatic carbocycles. The standard InChI is InChI=1S/C17H21F2N5O2/c1-11(12-2-4-14(5-3-12)26-17(18)19)21-16(25)15-10-24(23-22-15)13-6-8-20-9-7-13/h2-5,10-11,13,17,20H,6-9H2,1H3,(H,21,25). The lowest BCUT2D eigenvalue weighted by Gasteiger charge is -2.22. The summed E-state index contributed by atoms with van der Waals surface area (Å²) in [6, 6.07) is 6.09. The van der Waals surface area contributed by atoms with E-state index in [0.717, 1.165) is 31.5 Å². The van der Waals surface area contributed by atoms with Gasteiger partial charge < -0.3 is 15.4 Å². The monoisotopic (exact) mass is 365 g/mol. The van der Waals surface area contributed by atoms with Crippen LogP contribution in [0.2, 0.25) is 0 Å². The number of ether oxygens (including phenoxy) is 1. The number of rotatable bonds is 6. The zero-order valence-corrected chi connectivity index (χ0v) is 14.4. The van der Waals surface area contributed by atoms with Gasteiger partial charge in [0.2, 0.25) is 0 Å². The average Bonchev–Trinajstić information content (AvgIpc) is 3.13. The van der Waals surface area contributed by atoms with Crippen molar-refractivity contribution in [3.8, 4) is 5.75 Å². The molecule has 2 aromatic rings. The molecule has 1 aromatic carbocycles. The van der Waals surface area contributed by atoms with E-state index in [1.807, 2.05) is 0 Å². The molecular formula is C17H21F2N5O2. The van der Waals surface area contributed by atoms with E-state index in [-0.39, 0.29) is 29.4 Å². The minimum absolute atomic E-state index is 0.0761. The Hall–Kier alpha value is -2.55. The minimum Gasteiger partial charge on any atom is -0.435 e. The first-order valence-electron chi connectivity index (χ1n) is 8.51. The van der Waals surface area contributed by atoms with Gasteiger partial charge in [0.15, 0.2) is 5.69 Å². The number of amides is 1. The smallest absolute Gasteiger partial charge is 0.387 e. The normalized spacial score (nSPS) is 16.5. The van der Waals surface area contributed by atoms with Crippen molar-refractivity contribution >= 4 is 5.91 Å².